The molecule has 32 heavy (non-hydrogen) atoms. The van der Waals surface area contributed by atoms with Crippen LogP contribution in [0.2, 0.25) is 5.02 Å². The summed E-state index contributed by atoms with van der Waals surface area (Å²) in [4.78, 5) is 25.4. The van der Waals surface area contributed by atoms with Gasteiger partial charge in [-0.2, -0.15) is 4.31 Å². The topological polar surface area (TPSA) is 95.6 Å². The van der Waals surface area contributed by atoms with Crippen LogP contribution in [0.4, 0.5) is 5.69 Å². The van der Waals surface area contributed by atoms with Crippen molar-refractivity contribution in [1.29, 1.82) is 0 Å². The van der Waals surface area contributed by atoms with Crippen molar-refractivity contribution in [1.82, 2.24) is 9.62 Å². The van der Waals surface area contributed by atoms with E-state index < -0.39 is 22.0 Å². The van der Waals surface area contributed by atoms with E-state index in [-0.39, 0.29) is 33.9 Å². The number of nitrogens with zero attached hydrogens (tertiary/aromatic N) is 1. The second kappa shape index (κ2) is 11.4. The van der Waals surface area contributed by atoms with Gasteiger partial charge in [0.2, 0.25) is 15.9 Å². The summed E-state index contributed by atoms with van der Waals surface area (Å²) in [6.07, 6.45) is 0.282. The van der Waals surface area contributed by atoms with E-state index in [9.17, 15) is 18.0 Å². The van der Waals surface area contributed by atoms with E-state index in [1.807, 2.05) is 19.9 Å². The van der Waals surface area contributed by atoms with Crippen LogP contribution in [0, 0.1) is 5.92 Å². The fourth-order valence-electron chi connectivity index (χ4n) is 3.23. The van der Waals surface area contributed by atoms with E-state index in [4.69, 9.17) is 11.6 Å². The van der Waals surface area contributed by atoms with Gasteiger partial charge in [0, 0.05) is 25.2 Å². The monoisotopic (exact) mass is 479 g/mol. The van der Waals surface area contributed by atoms with E-state index >= 15 is 0 Å². The Labute approximate surface area is 195 Å². The summed E-state index contributed by atoms with van der Waals surface area (Å²) in [5.74, 6) is -0.592. The molecule has 2 aromatic rings. The number of hydrogen-bond donors (Lipinski definition) is 2. The van der Waals surface area contributed by atoms with Gasteiger partial charge in [-0.05, 0) is 29.7 Å². The van der Waals surface area contributed by atoms with Gasteiger partial charge in [0.25, 0.3) is 5.91 Å². The highest BCUT2D eigenvalue weighted by molar-refractivity contribution is 7.89. The third-order valence-corrected chi connectivity index (χ3v) is 7.35. The molecule has 1 atom stereocenters. The molecule has 174 valence electrons. The minimum atomic E-state index is -3.81. The molecule has 1 unspecified atom stereocenters. The Hall–Kier alpha value is -2.42. The van der Waals surface area contributed by atoms with E-state index in [0.29, 0.717) is 18.7 Å². The first-order valence-electron chi connectivity index (χ1n) is 10.5. The highest BCUT2D eigenvalue weighted by Crippen LogP contribution is 2.28. The van der Waals surface area contributed by atoms with Crippen molar-refractivity contribution in [3.8, 4) is 0 Å². The zero-order chi connectivity index (χ0) is 23.9. The lowest BCUT2D eigenvalue weighted by molar-refractivity contribution is -0.127. The third kappa shape index (κ3) is 6.54. The van der Waals surface area contributed by atoms with Crippen molar-refractivity contribution in [2.24, 2.45) is 5.92 Å². The van der Waals surface area contributed by atoms with Crippen LogP contribution in [0.25, 0.3) is 0 Å². The lowest BCUT2D eigenvalue weighted by Gasteiger charge is -2.21. The van der Waals surface area contributed by atoms with E-state index in [1.165, 1.54) is 22.5 Å². The second-order valence-corrected chi connectivity index (χ2v) is 10.0. The van der Waals surface area contributed by atoms with Crippen LogP contribution in [-0.2, 0) is 19.6 Å². The summed E-state index contributed by atoms with van der Waals surface area (Å²) in [6.45, 7) is 7.91. The number of halogens is 1. The molecule has 0 heterocycles. The lowest BCUT2D eigenvalue weighted by Crippen LogP contribution is -2.37. The predicted molar refractivity (Wildman–Crippen MR) is 127 cm³/mol. The first-order valence-corrected chi connectivity index (χ1v) is 12.4. The molecule has 2 amide bonds. The highest BCUT2D eigenvalue weighted by Gasteiger charge is 2.27. The molecule has 0 aromatic heterocycles. The number of sulfonamides is 1. The van der Waals surface area contributed by atoms with Crippen molar-refractivity contribution in [2.45, 2.75) is 45.1 Å². The Balaban J connectivity index is 2.34. The number of amides is 2. The molecule has 0 aliphatic carbocycles. The fourth-order valence-corrected chi connectivity index (χ4v) is 5.19. The molecule has 0 aliphatic rings. The Kier molecular flexibility index (Phi) is 9.24. The molecule has 7 nitrogen and oxygen atoms in total. The van der Waals surface area contributed by atoms with Gasteiger partial charge in [-0.25, -0.2) is 8.42 Å². The van der Waals surface area contributed by atoms with Gasteiger partial charge < -0.3 is 10.6 Å². The highest BCUT2D eigenvalue weighted by atomic mass is 35.5. The summed E-state index contributed by atoms with van der Waals surface area (Å²) in [5, 5.41) is 5.56. The Bertz CT molecular complexity index is 1040. The van der Waals surface area contributed by atoms with Crippen LogP contribution < -0.4 is 10.6 Å². The van der Waals surface area contributed by atoms with Gasteiger partial charge in [0.15, 0.2) is 0 Å². The minimum absolute atomic E-state index is 0.0692. The molecule has 2 aromatic carbocycles. The van der Waals surface area contributed by atoms with Crippen molar-refractivity contribution in [3.05, 3.63) is 59.1 Å². The second-order valence-electron chi connectivity index (χ2n) is 7.73. The lowest BCUT2D eigenvalue weighted by atomic mass is 10.0. The van der Waals surface area contributed by atoms with Crippen molar-refractivity contribution >= 4 is 39.1 Å². The van der Waals surface area contributed by atoms with Crippen LogP contribution in [0.1, 0.15) is 45.7 Å². The van der Waals surface area contributed by atoms with Gasteiger partial charge in [0.05, 0.1) is 5.02 Å². The SMILES string of the molecule is CCN(CC)S(=O)(=O)c1cc(NC(=O)C(NC(=O)CC(C)C)c2ccccc2)ccc1Cl. The first kappa shape index (κ1) is 25.8. The van der Waals surface area contributed by atoms with E-state index in [2.05, 4.69) is 10.6 Å². The van der Waals surface area contributed by atoms with E-state index in [0.717, 1.165) is 0 Å². The van der Waals surface area contributed by atoms with Crippen molar-refractivity contribution in [2.75, 3.05) is 18.4 Å². The minimum Gasteiger partial charge on any atom is -0.341 e. The summed E-state index contributed by atoms with van der Waals surface area (Å²) < 4.78 is 27.1. The zero-order valence-corrected chi connectivity index (χ0v) is 20.3. The number of hydrogen-bond acceptors (Lipinski definition) is 4. The quantitative estimate of drug-likeness (QED) is 0.533. The largest absolute Gasteiger partial charge is 0.341 e. The normalized spacial score (nSPS) is 12.6. The van der Waals surface area contributed by atoms with Crippen LogP contribution in [-0.4, -0.2) is 37.6 Å². The van der Waals surface area contributed by atoms with Gasteiger partial charge in [-0.1, -0.05) is 69.6 Å². The van der Waals surface area contributed by atoms with Crippen LogP contribution in [0.15, 0.2) is 53.4 Å². The number of carbonyl (C=O) groups is 2. The smallest absolute Gasteiger partial charge is 0.251 e. The Morgan fingerprint density at radius 2 is 1.66 bits per heavy atom. The average molecular weight is 480 g/mol. The van der Waals surface area contributed by atoms with Crippen molar-refractivity contribution < 1.29 is 18.0 Å². The van der Waals surface area contributed by atoms with Gasteiger partial charge in [-0.3, -0.25) is 9.59 Å². The molecule has 9 heteroatoms. The maximum Gasteiger partial charge on any atom is 0.251 e. The summed E-state index contributed by atoms with van der Waals surface area (Å²) >= 11 is 6.18. The maximum atomic E-state index is 13.1. The summed E-state index contributed by atoms with van der Waals surface area (Å²) in [6, 6.07) is 12.2. The standard InChI is InChI=1S/C23H30ClN3O4S/c1-5-27(6-2)32(30,31)20-15-18(12-13-19(20)24)25-23(29)22(17-10-8-7-9-11-17)26-21(28)14-16(3)4/h7-13,15-16,22H,5-6,14H2,1-4H3,(H,25,29)(H,26,28). The van der Waals surface area contributed by atoms with E-state index in [1.54, 1.807) is 38.1 Å². The molecule has 0 spiro atoms. The van der Waals surface area contributed by atoms with Crippen LogP contribution in [0.3, 0.4) is 0 Å². The molecule has 2 N–H and O–H groups in total. The molecule has 0 bridgehead atoms. The molecule has 0 radical (unpaired) electrons. The van der Waals surface area contributed by atoms with Crippen LogP contribution >= 0.6 is 11.6 Å². The molecule has 0 fully saturated rings. The number of rotatable bonds is 10. The number of benzene rings is 2. The van der Waals surface area contributed by atoms with Gasteiger partial charge >= 0.3 is 0 Å². The third-order valence-electron chi connectivity index (χ3n) is 4.82. The Morgan fingerprint density at radius 1 is 1.03 bits per heavy atom. The Morgan fingerprint density at radius 3 is 2.22 bits per heavy atom. The molecular formula is C23H30ClN3O4S. The molecule has 0 saturated heterocycles. The number of anilines is 1. The zero-order valence-electron chi connectivity index (χ0n) is 18.8. The summed E-state index contributed by atoms with van der Waals surface area (Å²) in [5.41, 5.74) is 0.885. The fraction of sp³-hybridized carbons (Fsp3) is 0.391. The van der Waals surface area contributed by atoms with Gasteiger partial charge in [0.1, 0.15) is 10.9 Å². The molecule has 2 rings (SSSR count). The molecular weight excluding hydrogens is 450 g/mol. The molecule has 0 aliphatic heterocycles. The van der Waals surface area contributed by atoms with Crippen molar-refractivity contribution in [3.63, 3.8) is 0 Å². The first-order chi connectivity index (χ1) is 15.1. The predicted octanol–water partition coefficient (Wildman–Crippen LogP) is 4.21. The summed E-state index contributed by atoms with van der Waals surface area (Å²) in [7, 11) is -3.81. The number of carbonyl (C=O) groups excluding carboxylic acids is 2. The van der Waals surface area contributed by atoms with Crippen LogP contribution in [0.5, 0.6) is 0 Å². The average Bonchev–Trinajstić information content (AvgIpc) is 2.74. The maximum absolute atomic E-state index is 13.1. The number of nitrogens with one attached hydrogen (secondary N) is 2. The van der Waals surface area contributed by atoms with Gasteiger partial charge in [-0.15, -0.1) is 0 Å². The molecule has 0 saturated carbocycles.